The molecular formula is C29H38N4O4S. The zero-order chi connectivity index (χ0) is 28.0. The Labute approximate surface area is 225 Å². The first-order valence-electron chi connectivity index (χ1n) is 12.9. The minimum Gasteiger partial charge on any atom is -0.358 e. The molecule has 1 aliphatic heterocycles. The molecule has 0 spiro atoms. The van der Waals surface area contributed by atoms with Crippen LogP contribution in [0.1, 0.15) is 60.6 Å². The first-order chi connectivity index (χ1) is 18.0. The van der Waals surface area contributed by atoms with Gasteiger partial charge in [-0.05, 0) is 70.6 Å². The number of rotatable bonds is 11. The van der Waals surface area contributed by atoms with Crippen molar-refractivity contribution in [3.8, 4) is 0 Å². The van der Waals surface area contributed by atoms with Crippen LogP contribution in [0.5, 0.6) is 0 Å². The summed E-state index contributed by atoms with van der Waals surface area (Å²) in [5, 5.41) is 5.80. The third kappa shape index (κ3) is 6.52. The molecule has 0 fully saturated rings. The van der Waals surface area contributed by atoms with E-state index in [0.29, 0.717) is 45.9 Å². The SMILES string of the molecule is C/C=C\C=C(/C)CS(=O)(=O)c1ccc2c(c1)/C(=C\c1[nH]c(C)c(C(=O)NCCN(CC)CC)c1C)C(=O)N2. The predicted octanol–water partition coefficient (Wildman–Crippen LogP) is 4.49. The number of amides is 2. The van der Waals surface area contributed by atoms with Gasteiger partial charge in [-0.25, -0.2) is 8.42 Å². The zero-order valence-corrected chi connectivity index (χ0v) is 23.9. The number of carbonyl (C=O) groups excluding carboxylic acids is 2. The summed E-state index contributed by atoms with van der Waals surface area (Å²) in [4.78, 5) is 31.4. The molecule has 9 heteroatoms. The van der Waals surface area contributed by atoms with Gasteiger partial charge in [0, 0.05) is 35.7 Å². The molecule has 3 N–H and O–H groups in total. The molecule has 0 bridgehead atoms. The minimum absolute atomic E-state index is 0.113. The number of sulfone groups is 1. The fourth-order valence-corrected chi connectivity index (χ4v) is 5.99. The van der Waals surface area contributed by atoms with Crippen molar-refractivity contribution in [2.24, 2.45) is 0 Å². The monoisotopic (exact) mass is 538 g/mol. The van der Waals surface area contributed by atoms with Crippen LogP contribution in [0.15, 0.2) is 46.9 Å². The van der Waals surface area contributed by atoms with Gasteiger partial charge in [-0.1, -0.05) is 37.6 Å². The first-order valence-corrected chi connectivity index (χ1v) is 14.6. The zero-order valence-electron chi connectivity index (χ0n) is 23.1. The van der Waals surface area contributed by atoms with Crippen LogP contribution in [0, 0.1) is 13.8 Å². The average Bonchev–Trinajstić information content (AvgIpc) is 3.34. The summed E-state index contributed by atoms with van der Waals surface area (Å²) in [5.41, 5.74) is 4.74. The number of nitrogens with zero attached hydrogens (tertiary/aromatic N) is 1. The second kappa shape index (κ2) is 12.4. The molecule has 3 rings (SSSR count). The smallest absolute Gasteiger partial charge is 0.256 e. The highest BCUT2D eigenvalue weighted by molar-refractivity contribution is 7.91. The van der Waals surface area contributed by atoms with Gasteiger partial charge in [-0.2, -0.15) is 0 Å². The van der Waals surface area contributed by atoms with Gasteiger partial charge in [-0.3, -0.25) is 9.59 Å². The number of likely N-dealkylation sites (N-methyl/N-ethyl adjacent to an activating group) is 1. The first kappa shape index (κ1) is 29.1. The third-order valence-corrected chi connectivity index (χ3v) is 8.53. The quantitative estimate of drug-likeness (QED) is 0.288. The molecule has 0 unspecified atom stereocenters. The highest BCUT2D eigenvalue weighted by Gasteiger charge is 2.28. The summed E-state index contributed by atoms with van der Waals surface area (Å²) in [7, 11) is -3.60. The fourth-order valence-electron chi connectivity index (χ4n) is 4.55. The number of hydrogen-bond donors (Lipinski definition) is 3. The lowest BCUT2D eigenvalue weighted by atomic mass is 10.0. The van der Waals surface area contributed by atoms with Crippen LogP contribution in [0.4, 0.5) is 5.69 Å². The van der Waals surface area contributed by atoms with E-state index in [1.807, 2.05) is 26.8 Å². The fraction of sp³-hybridized carbons (Fsp3) is 0.379. The van der Waals surface area contributed by atoms with E-state index in [0.717, 1.165) is 25.2 Å². The minimum atomic E-state index is -3.60. The van der Waals surface area contributed by atoms with Crippen molar-refractivity contribution in [3.63, 3.8) is 0 Å². The van der Waals surface area contributed by atoms with Gasteiger partial charge >= 0.3 is 0 Å². The van der Waals surface area contributed by atoms with Gasteiger partial charge in [0.15, 0.2) is 9.84 Å². The van der Waals surface area contributed by atoms with Crippen molar-refractivity contribution >= 4 is 39.0 Å². The Balaban J connectivity index is 1.90. The number of H-pyrrole nitrogens is 1. The highest BCUT2D eigenvalue weighted by Crippen LogP contribution is 2.36. The number of benzene rings is 1. The van der Waals surface area contributed by atoms with E-state index in [2.05, 4.69) is 34.4 Å². The molecule has 0 radical (unpaired) electrons. The van der Waals surface area contributed by atoms with Gasteiger partial charge in [-0.15, -0.1) is 0 Å². The van der Waals surface area contributed by atoms with E-state index in [4.69, 9.17) is 0 Å². The van der Waals surface area contributed by atoms with E-state index in [1.54, 1.807) is 37.3 Å². The number of nitrogens with one attached hydrogen (secondary N) is 3. The largest absolute Gasteiger partial charge is 0.358 e. The summed E-state index contributed by atoms with van der Waals surface area (Å²) in [5.74, 6) is -0.604. The Hall–Kier alpha value is -3.43. The lowest BCUT2D eigenvalue weighted by Crippen LogP contribution is -2.35. The molecule has 1 aliphatic rings. The molecule has 38 heavy (non-hydrogen) atoms. The summed E-state index contributed by atoms with van der Waals surface area (Å²) < 4.78 is 26.1. The maximum Gasteiger partial charge on any atom is 0.256 e. The Morgan fingerprint density at radius 3 is 2.53 bits per heavy atom. The molecule has 0 saturated heterocycles. The molecule has 8 nitrogen and oxygen atoms in total. The molecule has 0 atom stereocenters. The van der Waals surface area contributed by atoms with Crippen molar-refractivity contribution in [2.75, 3.05) is 37.2 Å². The molecule has 204 valence electrons. The number of hydrogen-bond acceptors (Lipinski definition) is 5. The topological polar surface area (TPSA) is 111 Å². The Morgan fingerprint density at radius 1 is 1.16 bits per heavy atom. The van der Waals surface area contributed by atoms with Crippen molar-refractivity contribution in [2.45, 2.75) is 46.4 Å². The van der Waals surface area contributed by atoms with Crippen LogP contribution in [0.2, 0.25) is 0 Å². The van der Waals surface area contributed by atoms with Crippen LogP contribution in [0.25, 0.3) is 11.6 Å². The van der Waals surface area contributed by atoms with Gasteiger partial charge < -0.3 is 20.5 Å². The molecule has 1 aromatic heterocycles. The van der Waals surface area contributed by atoms with Gasteiger partial charge in [0.2, 0.25) is 0 Å². The van der Waals surface area contributed by atoms with Crippen LogP contribution in [-0.2, 0) is 14.6 Å². The maximum absolute atomic E-state index is 13.1. The summed E-state index contributed by atoms with van der Waals surface area (Å²) in [6.45, 7) is 14.6. The second-order valence-corrected chi connectivity index (χ2v) is 11.5. The van der Waals surface area contributed by atoms with E-state index in [1.165, 1.54) is 6.07 Å². The van der Waals surface area contributed by atoms with E-state index in [-0.39, 0.29) is 22.5 Å². The molecular weight excluding hydrogens is 500 g/mol. The lowest BCUT2D eigenvalue weighted by molar-refractivity contribution is -0.110. The van der Waals surface area contributed by atoms with Gasteiger partial charge in [0.05, 0.1) is 21.8 Å². The van der Waals surface area contributed by atoms with Gasteiger partial charge in [0.25, 0.3) is 11.8 Å². The molecule has 2 aromatic rings. The van der Waals surface area contributed by atoms with Crippen molar-refractivity contribution in [3.05, 3.63) is 70.1 Å². The lowest BCUT2D eigenvalue weighted by Gasteiger charge is -2.18. The molecule has 1 aromatic carbocycles. The molecule has 2 amide bonds. The third-order valence-electron chi connectivity index (χ3n) is 6.72. The number of carbonyl (C=O) groups is 2. The standard InChI is InChI=1S/C29H38N4O4S/c1-7-10-11-19(4)18-38(36,37)22-12-13-25-23(16-22)24(28(34)32-25)17-26-20(5)27(21(6)31-26)29(35)30-14-15-33(8-2)9-3/h7,10-13,16-17,31H,8-9,14-15,18H2,1-6H3,(H,30,35)(H,32,34)/b10-7-,19-11+,24-17+. The van der Waals surface area contributed by atoms with E-state index >= 15 is 0 Å². The van der Waals surface area contributed by atoms with Crippen LogP contribution < -0.4 is 10.6 Å². The summed E-state index contributed by atoms with van der Waals surface area (Å²) >= 11 is 0. The maximum atomic E-state index is 13.1. The highest BCUT2D eigenvalue weighted by atomic mass is 32.2. The Morgan fingerprint density at radius 2 is 1.87 bits per heavy atom. The summed E-state index contributed by atoms with van der Waals surface area (Å²) in [6.07, 6.45) is 7.10. The molecule has 0 saturated carbocycles. The summed E-state index contributed by atoms with van der Waals surface area (Å²) in [6, 6.07) is 4.68. The molecule has 2 heterocycles. The van der Waals surface area contributed by atoms with Crippen molar-refractivity contribution in [1.29, 1.82) is 0 Å². The second-order valence-electron chi connectivity index (χ2n) is 9.46. The van der Waals surface area contributed by atoms with Crippen molar-refractivity contribution < 1.29 is 18.0 Å². The molecule has 0 aliphatic carbocycles. The number of aromatic nitrogens is 1. The Bertz CT molecular complexity index is 1410. The van der Waals surface area contributed by atoms with E-state index < -0.39 is 9.84 Å². The van der Waals surface area contributed by atoms with Crippen LogP contribution in [0.3, 0.4) is 0 Å². The number of aryl methyl sites for hydroxylation is 1. The predicted molar refractivity (Wildman–Crippen MR) is 154 cm³/mol. The van der Waals surface area contributed by atoms with Crippen molar-refractivity contribution in [1.82, 2.24) is 15.2 Å². The van der Waals surface area contributed by atoms with Gasteiger partial charge in [0.1, 0.15) is 0 Å². The van der Waals surface area contributed by atoms with Crippen LogP contribution >= 0.6 is 0 Å². The average molecular weight is 539 g/mol. The number of aromatic amines is 1. The Kier molecular flexibility index (Phi) is 9.51. The number of fused-ring (bicyclic) bond motifs is 1. The normalized spacial score (nSPS) is 15.0. The number of allylic oxidation sites excluding steroid dienone is 3. The van der Waals surface area contributed by atoms with Crippen LogP contribution in [-0.4, -0.2) is 62.0 Å². The number of anilines is 1. The van der Waals surface area contributed by atoms with E-state index in [9.17, 15) is 18.0 Å².